The zero-order valence-electron chi connectivity index (χ0n) is 12.4. The average Bonchev–Trinajstić information content (AvgIpc) is 3.04. The second-order valence-corrected chi connectivity index (χ2v) is 5.51. The molecule has 1 unspecified atom stereocenters. The van der Waals surface area contributed by atoms with Gasteiger partial charge in [0.1, 0.15) is 5.75 Å². The van der Waals surface area contributed by atoms with E-state index in [2.05, 4.69) is 61.2 Å². The van der Waals surface area contributed by atoms with Gasteiger partial charge >= 0.3 is 0 Å². The van der Waals surface area contributed by atoms with E-state index in [9.17, 15) is 0 Å². The number of hydrogen-bond acceptors (Lipinski definition) is 2. The van der Waals surface area contributed by atoms with Crippen molar-refractivity contribution in [2.75, 3.05) is 12.0 Å². The second-order valence-electron chi connectivity index (χ2n) is 5.51. The summed E-state index contributed by atoms with van der Waals surface area (Å²) in [6, 6.07) is 11.2. The van der Waals surface area contributed by atoms with Crippen LogP contribution in [0.1, 0.15) is 41.9 Å². The van der Waals surface area contributed by atoms with E-state index in [1.807, 2.05) is 0 Å². The van der Waals surface area contributed by atoms with Crippen molar-refractivity contribution in [3.8, 4) is 5.75 Å². The Morgan fingerprint density at radius 3 is 2.65 bits per heavy atom. The molecule has 1 N–H and O–H groups in total. The number of aryl methyl sites for hydroxylation is 2. The lowest BCUT2D eigenvalue weighted by Gasteiger charge is -2.22. The third kappa shape index (κ3) is 2.28. The molecule has 0 bridgehead atoms. The zero-order chi connectivity index (χ0) is 14.1. The van der Waals surface area contributed by atoms with Gasteiger partial charge in [-0.05, 0) is 55.7 Å². The fraction of sp³-hybridized carbons (Fsp3) is 0.412. The van der Waals surface area contributed by atoms with Crippen molar-refractivity contribution in [3.63, 3.8) is 0 Å². The SMILES string of the molecule is CCC(Nn1c(C)ccc1C)c1ccc2c(c1)CCO2. The Labute approximate surface area is 120 Å². The van der Waals surface area contributed by atoms with Gasteiger partial charge in [-0.1, -0.05) is 13.0 Å². The van der Waals surface area contributed by atoms with Gasteiger partial charge in [0.05, 0.1) is 12.6 Å². The maximum atomic E-state index is 5.59. The monoisotopic (exact) mass is 270 g/mol. The van der Waals surface area contributed by atoms with Crippen molar-refractivity contribution in [1.82, 2.24) is 4.68 Å². The van der Waals surface area contributed by atoms with Crippen LogP contribution in [-0.2, 0) is 6.42 Å². The number of ether oxygens (including phenoxy) is 1. The number of nitrogens with one attached hydrogen (secondary N) is 1. The lowest BCUT2D eigenvalue weighted by molar-refractivity contribution is 0.357. The van der Waals surface area contributed by atoms with Crippen molar-refractivity contribution >= 4 is 0 Å². The largest absolute Gasteiger partial charge is 0.493 e. The molecule has 1 aliphatic heterocycles. The predicted octanol–water partition coefficient (Wildman–Crippen LogP) is 3.73. The van der Waals surface area contributed by atoms with E-state index in [4.69, 9.17) is 4.74 Å². The summed E-state index contributed by atoms with van der Waals surface area (Å²) >= 11 is 0. The van der Waals surface area contributed by atoms with E-state index in [1.54, 1.807) is 0 Å². The van der Waals surface area contributed by atoms with Gasteiger partial charge in [-0.2, -0.15) is 0 Å². The van der Waals surface area contributed by atoms with E-state index in [0.29, 0.717) is 6.04 Å². The van der Waals surface area contributed by atoms with Crippen LogP contribution in [0.2, 0.25) is 0 Å². The van der Waals surface area contributed by atoms with Crippen LogP contribution in [0.15, 0.2) is 30.3 Å². The summed E-state index contributed by atoms with van der Waals surface area (Å²) in [4.78, 5) is 0. The molecule has 0 fully saturated rings. The summed E-state index contributed by atoms with van der Waals surface area (Å²) in [6.45, 7) is 7.29. The third-order valence-electron chi connectivity index (χ3n) is 4.08. The molecule has 2 aromatic rings. The van der Waals surface area contributed by atoms with Crippen LogP contribution in [0.25, 0.3) is 0 Å². The van der Waals surface area contributed by atoms with Crippen molar-refractivity contribution in [2.45, 2.75) is 39.7 Å². The molecular weight excluding hydrogens is 248 g/mol. The molecule has 0 amide bonds. The highest BCUT2D eigenvalue weighted by atomic mass is 16.5. The molecule has 2 heterocycles. The van der Waals surface area contributed by atoms with Gasteiger partial charge in [-0.25, -0.2) is 0 Å². The topological polar surface area (TPSA) is 26.2 Å². The molecule has 3 rings (SSSR count). The van der Waals surface area contributed by atoms with E-state index >= 15 is 0 Å². The maximum Gasteiger partial charge on any atom is 0.122 e. The van der Waals surface area contributed by atoms with Gasteiger partial charge in [0.2, 0.25) is 0 Å². The summed E-state index contributed by atoms with van der Waals surface area (Å²) in [5, 5.41) is 0. The van der Waals surface area contributed by atoms with Crippen LogP contribution >= 0.6 is 0 Å². The zero-order valence-corrected chi connectivity index (χ0v) is 12.4. The van der Waals surface area contributed by atoms with Crippen LogP contribution in [0.4, 0.5) is 0 Å². The first-order chi connectivity index (χ1) is 9.69. The van der Waals surface area contributed by atoms with Gasteiger partial charge in [0.15, 0.2) is 0 Å². The molecule has 20 heavy (non-hydrogen) atoms. The molecule has 106 valence electrons. The summed E-state index contributed by atoms with van der Waals surface area (Å²) in [5.74, 6) is 1.05. The molecule has 0 aliphatic carbocycles. The first-order valence-corrected chi connectivity index (χ1v) is 7.36. The molecule has 1 aromatic carbocycles. The van der Waals surface area contributed by atoms with Crippen LogP contribution in [0.3, 0.4) is 0 Å². The minimum Gasteiger partial charge on any atom is -0.493 e. The fourth-order valence-electron chi connectivity index (χ4n) is 2.85. The number of hydrogen-bond donors (Lipinski definition) is 1. The van der Waals surface area contributed by atoms with Crippen molar-refractivity contribution in [1.29, 1.82) is 0 Å². The maximum absolute atomic E-state index is 5.59. The highest BCUT2D eigenvalue weighted by molar-refractivity contribution is 5.41. The lowest BCUT2D eigenvalue weighted by atomic mass is 10.0. The second kappa shape index (κ2) is 5.23. The predicted molar refractivity (Wildman–Crippen MR) is 81.9 cm³/mol. The van der Waals surface area contributed by atoms with Gasteiger partial charge in [0.25, 0.3) is 0 Å². The Morgan fingerprint density at radius 1 is 1.20 bits per heavy atom. The van der Waals surface area contributed by atoms with E-state index in [0.717, 1.165) is 25.2 Å². The summed E-state index contributed by atoms with van der Waals surface area (Å²) in [7, 11) is 0. The van der Waals surface area contributed by atoms with Crippen LogP contribution in [0, 0.1) is 13.8 Å². The van der Waals surface area contributed by atoms with Crippen molar-refractivity contribution < 1.29 is 4.74 Å². The smallest absolute Gasteiger partial charge is 0.122 e. The molecule has 1 aromatic heterocycles. The minimum atomic E-state index is 0.325. The minimum absolute atomic E-state index is 0.325. The van der Waals surface area contributed by atoms with E-state index < -0.39 is 0 Å². The molecule has 1 aliphatic rings. The highest BCUT2D eigenvalue weighted by Crippen LogP contribution is 2.29. The highest BCUT2D eigenvalue weighted by Gasteiger charge is 2.16. The fourth-order valence-corrected chi connectivity index (χ4v) is 2.85. The summed E-state index contributed by atoms with van der Waals surface area (Å²) < 4.78 is 7.76. The summed E-state index contributed by atoms with van der Waals surface area (Å²) in [6.07, 6.45) is 2.08. The molecular formula is C17H22N2O. The first-order valence-electron chi connectivity index (χ1n) is 7.36. The van der Waals surface area contributed by atoms with Gasteiger partial charge in [-0.3, -0.25) is 4.68 Å². The van der Waals surface area contributed by atoms with Crippen molar-refractivity contribution in [3.05, 3.63) is 52.8 Å². The van der Waals surface area contributed by atoms with Crippen LogP contribution in [-0.4, -0.2) is 11.3 Å². The van der Waals surface area contributed by atoms with E-state index in [-0.39, 0.29) is 0 Å². The third-order valence-corrected chi connectivity index (χ3v) is 4.08. The molecule has 3 heteroatoms. The molecule has 0 saturated carbocycles. The number of benzene rings is 1. The Hall–Kier alpha value is -1.90. The van der Waals surface area contributed by atoms with Crippen LogP contribution in [0.5, 0.6) is 5.75 Å². The van der Waals surface area contributed by atoms with Gasteiger partial charge in [-0.15, -0.1) is 0 Å². The number of nitrogens with zero attached hydrogens (tertiary/aromatic N) is 1. The number of aromatic nitrogens is 1. The Bertz CT molecular complexity index is 596. The molecule has 1 atom stereocenters. The quantitative estimate of drug-likeness (QED) is 0.916. The molecule has 0 saturated heterocycles. The Morgan fingerprint density at radius 2 is 1.95 bits per heavy atom. The number of rotatable bonds is 4. The molecule has 3 nitrogen and oxygen atoms in total. The Balaban J connectivity index is 1.87. The van der Waals surface area contributed by atoms with Gasteiger partial charge < -0.3 is 10.2 Å². The average molecular weight is 270 g/mol. The lowest BCUT2D eigenvalue weighted by Crippen LogP contribution is -2.22. The Kier molecular flexibility index (Phi) is 3.43. The first kappa shape index (κ1) is 13.1. The van der Waals surface area contributed by atoms with E-state index in [1.165, 1.54) is 22.5 Å². The normalized spacial score (nSPS) is 14.8. The van der Waals surface area contributed by atoms with Gasteiger partial charge in [0, 0.05) is 17.8 Å². The van der Waals surface area contributed by atoms with Crippen LogP contribution < -0.4 is 10.2 Å². The summed E-state index contributed by atoms with van der Waals surface area (Å²) in [5.41, 5.74) is 8.78. The number of fused-ring (bicyclic) bond motifs is 1. The molecule has 0 radical (unpaired) electrons. The van der Waals surface area contributed by atoms with Crippen molar-refractivity contribution in [2.24, 2.45) is 0 Å². The standard InChI is InChI=1S/C17H22N2O/c1-4-16(18-19-12(2)5-6-13(19)3)14-7-8-17-15(11-14)9-10-20-17/h5-8,11,16,18H,4,9-10H2,1-3H3. The molecule has 0 spiro atoms.